The van der Waals surface area contributed by atoms with E-state index >= 15 is 0 Å². The van der Waals surface area contributed by atoms with Gasteiger partial charge in [0.2, 0.25) is 0 Å². The minimum Gasteiger partial charge on any atom is -0.376 e. The first-order valence-corrected chi connectivity index (χ1v) is 9.50. The molecule has 0 radical (unpaired) electrons. The van der Waals surface area contributed by atoms with E-state index in [0.717, 1.165) is 58.6 Å². The minimum atomic E-state index is -0.384. The summed E-state index contributed by atoms with van der Waals surface area (Å²) in [6.07, 6.45) is 2.93. The lowest BCUT2D eigenvalue weighted by atomic mass is 10.2. The van der Waals surface area contributed by atoms with E-state index in [0.29, 0.717) is 6.61 Å². The number of benzene rings is 1. The molecule has 0 bridgehead atoms. The van der Waals surface area contributed by atoms with Gasteiger partial charge >= 0.3 is 0 Å². The molecule has 5 nitrogen and oxygen atoms in total. The number of hydrogen-bond acceptors (Lipinski definition) is 4. The summed E-state index contributed by atoms with van der Waals surface area (Å²) in [7, 11) is 0. The van der Waals surface area contributed by atoms with Gasteiger partial charge in [0, 0.05) is 39.3 Å². The fourth-order valence-corrected chi connectivity index (χ4v) is 3.55. The van der Waals surface area contributed by atoms with E-state index in [1.165, 1.54) is 5.56 Å². The highest BCUT2D eigenvalue weighted by atomic mass is 16.5. The first-order valence-electron chi connectivity index (χ1n) is 9.50. The van der Waals surface area contributed by atoms with Gasteiger partial charge in [0.05, 0.1) is 12.7 Å². The number of nitrogens with zero attached hydrogens (tertiary/aromatic N) is 2. The Labute approximate surface area is 150 Å². The van der Waals surface area contributed by atoms with Crippen molar-refractivity contribution in [3.8, 4) is 0 Å². The van der Waals surface area contributed by atoms with Crippen molar-refractivity contribution in [2.75, 3.05) is 39.4 Å². The van der Waals surface area contributed by atoms with Crippen LogP contribution in [0.15, 0.2) is 30.3 Å². The quantitative estimate of drug-likeness (QED) is 0.793. The monoisotopic (exact) mass is 346 g/mol. The first kappa shape index (κ1) is 18.4. The molecule has 0 spiro atoms. The van der Waals surface area contributed by atoms with E-state index < -0.39 is 0 Å². The summed E-state index contributed by atoms with van der Waals surface area (Å²) < 4.78 is 11.3. The number of carbonyl (C=O) groups excluding carboxylic acids is 1. The third-order valence-electron chi connectivity index (χ3n) is 5.05. The Morgan fingerprint density at radius 3 is 2.80 bits per heavy atom. The zero-order valence-corrected chi connectivity index (χ0v) is 15.2. The van der Waals surface area contributed by atoms with Gasteiger partial charge in [-0.15, -0.1) is 0 Å². The Kier molecular flexibility index (Phi) is 6.84. The van der Waals surface area contributed by atoms with E-state index in [-0.39, 0.29) is 18.1 Å². The number of hydrogen-bond donors (Lipinski definition) is 0. The van der Waals surface area contributed by atoms with Crippen LogP contribution < -0.4 is 0 Å². The lowest BCUT2D eigenvalue weighted by Gasteiger charge is -2.25. The van der Waals surface area contributed by atoms with Crippen molar-refractivity contribution in [3.63, 3.8) is 0 Å². The molecule has 25 heavy (non-hydrogen) atoms. The van der Waals surface area contributed by atoms with Crippen LogP contribution in [0.1, 0.15) is 31.7 Å². The fraction of sp³-hybridized carbons (Fsp3) is 0.650. The van der Waals surface area contributed by atoms with E-state index in [1.807, 2.05) is 17.9 Å². The van der Waals surface area contributed by atoms with Crippen molar-refractivity contribution in [2.24, 2.45) is 0 Å². The molecule has 0 unspecified atom stereocenters. The fourth-order valence-electron chi connectivity index (χ4n) is 3.55. The Morgan fingerprint density at radius 2 is 2.04 bits per heavy atom. The smallest absolute Gasteiger partial charge is 0.251 e. The summed E-state index contributed by atoms with van der Waals surface area (Å²) in [5.74, 6) is 0.111. The second-order valence-corrected chi connectivity index (χ2v) is 7.05. The standard InChI is InChI=1S/C20H30N2O3/c1-17(25-16-19-9-5-14-24-19)20(23)22-11-6-10-21(12-13-22)15-18-7-3-2-4-8-18/h2-4,7-8,17,19H,5-6,9-16H2,1H3/t17-,19-/m0/s1. The van der Waals surface area contributed by atoms with Crippen molar-refractivity contribution >= 4 is 5.91 Å². The van der Waals surface area contributed by atoms with Gasteiger partial charge in [0.15, 0.2) is 0 Å². The highest BCUT2D eigenvalue weighted by Gasteiger charge is 2.25. The Hall–Kier alpha value is -1.43. The molecular weight excluding hydrogens is 316 g/mol. The SMILES string of the molecule is C[C@H](OC[C@@H]1CCCO1)C(=O)N1CCCN(Cc2ccccc2)CC1. The molecule has 2 fully saturated rings. The van der Waals surface area contributed by atoms with Crippen LogP contribution in [0.4, 0.5) is 0 Å². The maximum atomic E-state index is 12.7. The number of carbonyl (C=O) groups is 1. The van der Waals surface area contributed by atoms with Gasteiger partial charge in [-0.3, -0.25) is 9.69 Å². The van der Waals surface area contributed by atoms with Gasteiger partial charge in [-0.1, -0.05) is 30.3 Å². The maximum Gasteiger partial charge on any atom is 0.251 e. The Balaban J connectivity index is 1.44. The lowest BCUT2D eigenvalue weighted by Crippen LogP contribution is -2.42. The molecule has 0 N–H and O–H groups in total. The second-order valence-electron chi connectivity index (χ2n) is 7.05. The second kappa shape index (κ2) is 9.32. The van der Waals surface area contributed by atoms with Crippen molar-refractivity contribution in [1.29, 1.82) is 0 Å². The molecule has 2 saturated heterocycles. The third kappa shape index (κ3) is 5.53. The molecule has 5 heteroatoms. The van der Waals surface area contributed by atoms with Crippen LogP contribution in [0.3, 0.4) is 0 Å². The van der Waals surface area contributed by atoms with Crippen LogP contribution in [0.5, 0.6) is 0 Å². The molecule has 1 aromatic rings. The van der Waals surface area contributed by atoms with Crippen LogP contribution in [-0.2, 0) is 20.8 Å². The maximum absolute atomic E-state index is 12.7. The summed E-state index contributed by atoms with van der Waals surface area (Å²) in [5, 5.41) is 0. The van der Waals surface area contributed by atoms with Gasteiger partial charge < -0.3 is 14.4 Å². The number of ether oxygens (including phenoxy) is 2. The average Bonchev–Trinajstić information content (AvgIpc) is 3.06. The molecule has 0 aromatic heterocycles. The van der Waals surface area contributed by atoms with Gasteiger partial charge in [0.25, 0.3) is 5.91 Å². The van der Waals surface area contributed by atoms with Gasteiger partial charge in [-0.05, 0) is 31.7 Å². The van der Waals surface area contributed by atoms with Gasteiger partial charge in [0.1, 0.15) is 6.10 Å². The summed E-state index contributed by atoms with van der Waals surface area (Å²) in [4.78, 5) is 17.1. The highest BCUT2D eigenvalue weighted by molar-refractivity contribution is 5.80. The molecule has 0 saturated carbocycles. The first-order chi connectivity index (χ1) is 12.2. The zero-order chi connectivity index (χ0) is 17.5. The third-order valence-corrected chi connectivity index (χ3v) is 5.05. The molecule has 0 aliphatic carbocycles. The van der Waals surface area contributed by atoms with E-state index in [1.54, 1.807) is 0 Å². The summed E-state index contributed by atoms with van der Waals surface area (Å²) in [5.41, 5.74) is 1.33. The molecular formula is C20H30N2O3. The van der Waals surface area contributed by atoms with Crippen LogP contribution in [0.25, 0.3) is 0 Å². The normalized spacial score (nSPS) is 23.4. The van der Waals surface area contributed by atoms with Crippen molar-refractivity contribution < 1.29 is 14.3 Å². The van der Waals surface area contributed by atoms with Gasteiger partial charge in [-0.2, -0.15) is 0 Å². The minimum absolute atomic E-state index is 0.111. The van der Waals surface area contributed by atoms with Crippen molar-refractivity contribution in [1.82, 2.24) is 9.80 Å². The summed E-state index contributed by atoms with van der Waals surface area (Å²) in [6.45, 7) is 7.71. The molecule has 138 valence electrons. The molecule has 2 aliphatic rings. The lowest BCUT2D eigenvalue weighted by molar-refractivity contribution is -0.144. The molecule has 1 aromatic carbocycles. The zero-order valence-electron chi connectivity index (χ0n) is 15.2. The average molecular weight is 346 g/mol. The van der Waals surface area contributed by atoms with Crippen LogP contribution >= 0.6 is 0 Å². The van der Waals surface area contributed by atoms with Crippen LogP contribution in [0, 0.1) is 0 Å². The molecule has 2 atom stereocenters. The van der Waals surface area contributed by atoms with Crippen molar-refractivity contribution in [2.45, 2.75) is 44.9 Å². The Morgan fingerprint density at radius 1 is 1.20 bits per heavy atom. The van der Waals surface area contributed by atoms with Crippen LogP contribution in [-0.4, -0.2) is 67.3 Å². The molecule has 2 aliphatic heterocycles. The topological polar surface area (TPSA) is 42.0 Å². The molecule has 2 heterocycles. The van der Waals surface area contributed by atoms with Gasteiger partial charge in [-0.25, -0.2) is 0 Å². The Bertz CT molecular complexity index is 531. The summed E-state index contributed by atoms with van der Waals surface area (Å²) in [6, 6.07) is 10.5. The predicted octanol–water partition coefficient (Wildman–Crippen LogP) is 2.30. The highest BCUT2D eigenvalue weighted by Crippen LogP contribution is 2.14. The van der Waals surface area contributed by atoms with Crippen LogP contribution in [0.2, 0.25) is 0 Å². The van der Waals surface area contributed by atoms with E-state index in [4.69, 9.17) is 9.47 Å². The summed E-state index contributed by atoms with van der Waals surface area (Å²) >= 11 is 0. The van der Waals surface area contributed by atoms with E-state index in [9.17, 15) is 4.79 Å². The number of amides is 1. The largest absolute Gasteiger partial charge is 0.376 e. The predicted molar refractivity (Wildman–Crippen MR) is 97.3 cm³/mol. The molecule has 3 rings (SSSR count). The van der Waals surface area contributed by atoms with E-state index in [2.05, 4.69) is 29.2 Å². The molecule has 1 amide bonds. The number of rotatable bonds is 6. The van der Waals surface area contributed by atoms with Crippen molar-refractivity contribution in [3.05, 3.63) is 35.9 Å².